The molecule has 3 aromatic rings. The van der Waals surface area contributed by atoms with Gasteiger partial charge in [-0.3, -0.25) is 4.79 Å². The van der Waals surface area contributed by atoms with Crippen LogP contribution in [0, 0.1) is 28.5 Å². The molecule has 1 atom stereocenters. The van der Waals surface area contributed by atoms with Crippen molar-refractivity contribution in [3.05, 3.63) is 94.8 Å². The minimum atomic E-state index is -0.700. The molecule has 0 aliphatic carbocycles. The fourth-order valence-electron chi connectivity index (χ4n) is 2.99. The highest BCUT2D eigenvalue weighted by atomic mass is 32.1. The summed E-state index contributed by atoms with van der Waals surface area (Å²) in [5.41, 5.74) is 1.69. The third kappa shape index (κ3) is 5.48. The van der Waals surface area contributed by atoms with E-state index in [1.807, 2.05) is 12.1 Å². The molecule has 3 aromatic carbocycles. The smallest absolute Gasteiger partial charge is 0.330 e. The van der Waals surface area contributed by atoms with Gasteiger partial charge in [-0.1, -0.05) is 37.1 Å². The summed E-state index contributed by atoms with van der Waals surface area (Å²) in [5, 5.41) is 23.7. The zero-order chi connectivity index (χ0) is 24.0. The number of benzene rings is 3. The molecule has 7 nitrogen and oxygen atoms in total. The van der Waals surface area contributed by atoms with Crippen molar-refractivity contribution in [2.75, 3.05) is 9.62 Å². The van der Waals surface area contributed by atoms with Crippen LogP contribution in [-0.2, 0) is 0 Å². The van der Waals surface area contributed by atoms with Crippen LogP contribution in [0.2, 0.25) is 0 Å². The third-order valence-corrected chi connectivity index (χ3v) is 5.22. The fraction of sp³-hybridized carbons (Fsp3) is 0.0833. The Bertz CT molecular complexity index is 1280. The number of thiol groups is 1. The van der Waals surface area contributed by atoms with Crippen LogP contribution < -0.4 is 14.9 Å². The molecule has 0 saturated carbocycles. The average Bonchev–Trinajstić information content (AvgIpc) is 2.83. The van der Waals surface area contributed by atoms with E-state index in [2.05, 4.69) is 23.4 Å². The molecule has 0 saturated heterocycles. The summed E-state index contributed by atoms with van der Waals surface area (Å²) in [5.74, 6) is -1.38. The molecule has 0 aliphatic heterocycles. The van der Waals surface area contributed by atoms with Gasteiger partial charge in [-0.15, -0.1) is 0 Å². The number of hydrogen-bond donors (Lipinski definition) is 3. The zero-order valence-corrected chi connectivity index (χ0v) is 18.3. The first-order valence-corrected chi connectivity index (χ1v) is 10.1. The van der Waals surface area contributed by atoms with Gasteiger partial charge in [0.25, 0.3) is 5.91 Å². The fourth-order valence-corrected chi connectivity index (χ4v) is 3.18. The number of anilines is 2. The average molecular weight is 460 g/mol. The molecule has 0 spiro atoms. The highest BCUT2D eigenvalue weighted by Crippen LogP contribution is 2.25. The largest absolute Gasteiger partial charge is 0.332 e. The van der Waals surface area contributed by atoms with Crippen LogP contribution in [0.4, 0.5) is 20.6 Å². The highest BCUT2D eigenvalue weighted by molar-refractivity contribution is 7.82. The molecule has 9 heteroatoms. The number of nitrogens with zero attached hydrogens (tertiary/aromatic N) is 3. The summed E-state index contributed by atoms with van der Waals surface area (Å²) in [4.78, 5) is 25.0. The van der Waals surface area contributed by atoms with Gasteiger partial charge in [-0.2, -0.15) is 10.5 Å². The van der Waals surface area contributed by atoms with E-state index in [0.717, 1.165) is 9.87 Å². The molecule has 3 amide bonds. The Morgan fingerprint density at radius 3 is 2.36 bits per heavy atom. The molecule has 0 aliphatic rings. The lowest BCUT2D eigenvalue weighted by molar-refractivity contribution is 0.102. The number of nitriles is 2. The summed E-state index contributed by atoms with van der Waals surface area (Å²) in [6.45, 7) is 1.78. The number of urea groups is 1. The molecule has 0 aromatic heterocycles. The summed E-state index contributed by atoms with van der Waals surface area (Å²) < 4.78 is 14.9. The number of carbonyl (C=O) groups is 2. The Labute approximate surface area is 195 Å². The lowest BCUT2D eigenvalue weighted by Gasteiger charge is -2.21. The summed E-state index contributed by atoms with van der Waals surface area (Å²) in [6, 6.07) is 19.7. The second-order valence-corrected chi connectivity index (χ2v) is 7.39. The van der Waals surface area contributed by atoms with Gasteiger partial charge < -0.3 is 10.6 Å². The van der Waals surface area contributed by atoms with Crippen LogP contribution in [0.3, 0.4) is 0 Å². The van der Waals surface area contributed by atoms with Crippen molar-refractivity contribution in [1.29, 1.82) is 10.5 Å². The number of rotatable bonds is 5. The molecule has 3 rings (SSSR count). The number of amides is 3. The predicted octanol–water partition coefficient (Wildman–Crippen LogP) is 4.94. The third-order valence-electron chi connectivity index (χ3n) is 4.81. The van der Waals surface area contributed by atoms with Gasteiger partial charge in [0.15, 0.2) is 0 Å². The van der Waals surface area contributed by atoms with Gasteiger partial charge in [-0.25, -0.2) is 13.5 Å². The van der Waals surface area contributed by atoms with Crippen LogP contribution in [-0.4, -0.2) is 11.9 Å². The highest BCUT2D eigenvalue weighted by Gasteiger charge is 2.18. The first-order chi connectivity index (χ1) is 15.8. The number of nitrogens with one attached hydrogen (secondary N) is 2. The summed E-state index contributed by atoms with van der Waals surface area (Å²) >= 11 is 4.23. The van der Waals surface area contributed by atoms with Crippen molar-refractivity contribution in [3.8, 4) is 12.1 Å². The normalized spacial score (nSPS) is 10.9. The molecular formula is C24H18FN5O2S. The quantitative estimate of drug-likeness (QED) is 0.469. The van der Waals surface area contributed by atoms with Crippen LogP contribution in [0.15, 0.2) is 66.7 Å². The van der Waals surface area contributed by atoms with Crippen LogP contribution in [0.1, 0.15) is 40.0 Å². The zero-order valence-electron chi connectivity index (χ0n) is 17.4. The maximum Gasteiger partial charge on any atom is 0.332 e. The molecule has 1 unspecified atom stereocenters. The topological polar surface area (TPSA) is 109 Å². The van der Waals surface area contributed by atoms with Gasteiger partial charge in [-0.05, 0) is 55.0 Å². The van der Waals surface area contributed by atoms with E-state index in [-0.39, 0.29) is 22.9 Å². The lowest BCUT2D eigenvalue weighted by Crippen LogP contribution is -2.35. The van der Waals surface area contributed by atoms with Crippen molar-refractivity contribution in [2.45, 2.75) is 13.0 Å². The standard InChI is InChI=1S/C24H18FN5O2S/c1-15(17-8-6-16(13-26)7-9-17)28-24(32)30(33)19-10-11-22(18(12-19)14-27)29-23(31)20-4-2-3-5-21(20)25/h2-12,15,33H,1H3,(H,28,32)(H,29,31). The molecule has 0 fully saturated rings. The molecule has 0 radical (unpaired) electrons. The Balaban J connectivity index is 1.73. The number of carbonyl (C=O) groups excluding carboxylic acids is 2. The Morgan fingerprint density at radius 2 is 1.73 bits per heavy atom. The van der Waals surface area contributed by atoms with Crippen molar-refractivity contribution in [2.24, 2.45) is 0 Å². The Kier molecular flexibility index (Phi) is 7.29. The van der Waals surface area contributed by atoms with Gasteiger partial charge in [0, 0.05) is 0 Å². The Hall–Kier alpha value is -4.34. The first kappa shape index (κ1) is 23.3. The molecule has 0 heterocycles. The van der Waals surface area contributed by atoms with E-state index in [1.54, 1.807) is 31.2 Å². The van der Waals surface area contributed by atoms with Crippen LogP contribution in [0.25, 0.3) is 0 Å². The maximum absolute atomic E-state index is 13.8. The van der Waals surface area contributed by atoms with Crippen molar-refractivity contribution in [1.82, 2.24) is 5.32 Å². The van der Waals surface area contributed by atoms with E-state index in [4.69, 9.17) is 5.26 Å². The van der Waals surface area contributed by atoms with Crippen LogP contribution >= 0.6 is 12.8 Å². The molecule has 164 valence electrons. The van der Waals surface area contributed by atoms with E-state index in [0.29, 0.717) is 11.3 Å². The SMILES string of the molecule is CC(NC(=O)N(S)c1ccc(NC(=O)c2ccccc2F)c(C#N)c1)c1ccc(C#N)cc1. The van der Waals surface area contributed by atoms with E-state index in [1.165, 1.54) is 42.5 Å². The summed E-state index contributed by atoms with van der Waals surface area (Å²) in [7, 11) is 0. The molecule has 0 bridgehead atoms. The minimum Gasteiger partial charge on any atom is -0.330 e. The van der Waals surface area contributed by atoms with Gasteiger partial charge in [0.1, 0.15) is 11.9 Å². The molecule has 2 N–H and O–H groups in total. The number of hydrogen-bond acceptors (Lipinski definition) is 5. The number of halogens is 1. The monoisotopic (exact) mass is 459 g/mol. The van der Waals surface area contributed by atoms with Gasteiger partial charge in [0.05, 0.1) is 40.2 Å². The van der Waals surface area contributed by atoms with Gasteiger partial charge >= 0.3 is 6.03 Å². The first-order valence-electron chi connectivity index (χ1n) is 9.73. The van der Waals surface area contributed by atoms with E-state index in [9.17, 15) is 19.2 Å². The Morgan fingerprint density at radius 1 is 1.03 bits per heavy atom. The van der Waals surface area contributed by atoms with Crippen molar-refractivity contribution >= 4 is 36.1 Å². The van der Waals surface area contributed by atoms with Gasteiger partial charge in [0.2, 0.25) is 0 Å². The molecule has 33 heavy (non-hydrogen) atoms. The van der Waals surface area contributed by atoms with Crippen molar-refractivity contribution < 1.29 is 14.0 Å². The summed E-state index contributed by atoms with van der Waals surface area (Å²) in [6.07, 6.45) is 0. The second kappa shape index (κ2) is 10.3. The van der Waals surface area contributed by atoms with E-state index < -0.39 is 17.8 Å². The lowest BCUT2D eigenvalue weighted by atomic mass is 10.1. The predicted molar refractivity (Wildman–Crippen MR) is 125 cm³/mol. The van der Waals surface area contributed by atoms with E-state index >= 15 is 0 Å². The van der Waals surface area contributed by atoms with Crippen molar-refractivity contribution in [3.63, 3.8) is 0 Å². The minimum absolute atomic E-state index is 0.0733. The van der Waals surface area contributed by atoms with Crippen LogP contribution in [0.5, 0.6) is 0 Å². The maximum atomic E-state index is 13.8. The second-order valence-electron chi connectivity index (χ2n) is 6.99. The molecular weight excluding hydrogens is 441 g/mol.